The molecule has 0 spiro atoms. The van der Waals surface area contributed by atoms with Gasteiger partial charge in [-0.05, 0) is 36.2 Å². The average Bonchev–Trinajstić information content (AvgIpc) is 3.29. The molecule has 0 radical (unpaired) electrons. The molecule has 6 nitrogen and oxygen atoms in total. The molecular weight excluding hydrogens is 360 g/mol. The first-order chi connectivity index (χ1) is 13.3. The summed E-state index contributed by atoms with van der Waals surface area (Å²) < 4.78 is 13.1. The van der Waals surface area contributed by atoms with Crippen molar-refractivity contribution in [2.75, 3.05) is 7.11 Å². The summed E-state index contributed by atoms with van der Waals surface area (Å²) in [5, 5.41) is 14.2. The predicted molar refractivity (Wildman–Crippen MR) is 105 cm³/mol. The number of hydrogen-bond acceptors (Lipinski definition) is 6. The highest BCUT2D eigenvalue weighted by Crippen LogP contribution is 2.28. The fraction of sp³-hybridized carbons (Fsp3) is 0.250. The van der Waals surface area contributed by atoms with Crippen molar-refractivity contribution < 1.29 is 9.47 Å². The minimum absolute atomic E-state index is 0.104. The van der Waals surface area contributed by atoms with Crippen molar-refractivity contribution in [3.63, 3.8) is 0 Å². The van der Waals surface area contributed by atoms with Gasteiger partial charge in [0.15, 0.2) is 16.9 Å². The van der Waals surface area contributed by atoms with Gasteiger partial charge < -0.3 is 9.47 Å². The molecular formula is C20H20N4O2S. The van der Waals surface area contributed by atoms with Gasteiger partial charge in [-0.25, -0.2) is 0 Å². The van der Waals surface area contributed by atoms with E-state index in [9.17, 15) is 0 Å². The highest BCUT2D eigenvalue weighted by atomic mass is 32.1. The van der Waals surface area contributed by atoms with Crippen LogP contribution in [0.2, 0.25) is 0 Å². The molecule has 0 bridgehead atoms. The zero-order chi connectivity index (χ0) is 18.6. The van der Waals surface area contributed by atoms with Crippen LogP contribution in [0.15, 0.2) is 54.6 Å². The van der Waals surface area contributed by atoms with Crippen molar-refractivity contribution in [1.82, 2.24) is 19.8 Å². The average molecular weight is 380 g/mol. The number of benzene rings is 2. The van der Waals surface area contributed by atoms with Crippen LogP contribution in [-0.2, 0) is 6.42 Å². The Kier molecular flexibility index (Phi) is 5.02. The smallest absolute Gasteiger partial charge is 0.234 e. The first kappa shape index (κ1) is 17.5. The molecule has 0 amide bonds. The molecule has 2 aromatic heterocycles. The highest BCUT2D eigenvalue weighted by Gasteiger charge is 2.20. The molecule has 2 aromatic carbocycles. The summed E-state index contributed by atoms with van der Waals surface area (Å²) in [5.74, 6) is 2.49. The summed E-state index contributed by atoms with van der Waals surface area (Å²) >= 11 is 1.52. The Morgan fingerprint density at radius 3 is 2.48 bits per heavy atom. The molecule has 0 saturated carbocycles. The lowest BCUT2D eigenvalue weighted by atomic mass is 10.1. The van der Waals surface area contributed by atoms with Crippen molar-refractivity contribution in [2.24, 2.45) is 0 Å². The predicted octanol–water partition coefficient (Wildman–Crippen LogP) is 4.32. The topological polar surface area (TPSA) is 61.5 Å². The summed E-state index contributed by atoms with van der Waals surface area (Å²) in [6.07, 6.45) is 1.38. The standard InChI is InChI=1S/C20H20N4O2S/c1-3-17(26-16-7-5-4-6-8-16)19-23-24-18(21-22-20(24)27-19)13-14-9-11-15(25-2)12-10-14/h4-12,17H,3,13H2,1-2H3. The van der Waals surface area contributed by atoms with Crippen LogP contribution in [0.1, 0.15) is 35.8 Å². The van der Waals surface area contributed by atoms with Crippen molar-refractivity contribution in [1.29, 1.82) is 0 Å². The summed E-state index contributed by atoms with van der Waals surface area (Å²) in [6, 6.07) is 17.8. The van der Waals surface area contributed by atoms with Crippen LogP contribution < -0.4 is 9.47 Å². The molecule has 1 unspecified atom stereocenters. The number of fused-ring (bicyclic) bond motifs is 1. The lowest BCUT2D eigenvalue weighted by Gasteiger charge is -2.14. The van der Waals surface area contributed by atoms with Crippen LogP contribution in [0.4, 0.5) is 0 Å². The van der Waals surface area contributed by atoms with E-state index in [1.165, 1.54) is 11.3 Å². The van der Waals surface area contributed by atoms with E-state index in [1.54, 1.807) is 7.11 Å². The number of hydrogen-bond donors (Lipinski definition) is 0. The van der Waals surface area contributed by atoms with Crippen molar-refractivity contribution in [3.05, 3.63) is 71.0 Å². The molecule has 1 atom stereocenters. The maximum absolute atomic E-state index is 6.10. The van der Waals surface area contributed by atoms with Crippen molar-refractivity contribution in [2.45, 2.75) is 25.9 Å². The van der Waals surface area contributed by atoms with Gasteiger partial charge in [-0.2, -0.15) is 9.61 Å². The van der Waals surface area contributed by atoms with Crippen LogP contribution in [0.5, 0.6) is 11.5 Å². The molecule has 4 aromatic rings. The lowest BCUT2D eigenvalue weighted by Crippen LogP contribution is -2.07. The Morgan fingerprint density at radius 2 is 1.78 bits per heavy atom. The molecule has 7 heteroatoms. The van der Waals surface area contributed by atoms with Gasteiger partial charge in [-0.3, -0.25) is 0 Å². The van der Waals surface area contributed by atoms with Gasteiger partial charge in [0, 0.05) is 6.42 Å². The van der Waals surface area contributed by atoms with E-state index in [2.05, 4.69) is 17.1 Å². The molecule has 138 valence electrons. The van der Waals surface area contributed by atoms with E-state index in [0.29, 0.717) is 6.42 Å². The van der Waals surface area contributed by atoms with Crippen LogP contribution >= 0.6 is 11.3 Å². The fourth-order valence-corrected chi connectivity index (χ4v) is 3.78. The number of para-hydroxylation sites is 1. The van der Waals surface area contributed by atoms with Crippen molar-refractivity contribution >= 4 is 16.3 Å². The Balaban J connectivity index is 1.57. The zero-order valence-electron chi connectivity index (χ0n) is 15.2. The summed E-state index contributed by atoms with van der Waals surface area (Å²) in [7, 11) is 1.66. The fourth-order valence-electron chi connectivity index (χ4n) is 2.81. The molecule has 0 aliphatic carbocycles. The van der Waals surface area contributed by atoms with Crippen LogP contribution in [0.25, 0.3) is 4.96 Å². The number of nitrogens with zero attached hydrogens (tertiary/aromatic N) is 4. The molecule has 2 heterocycles. The number of rotatable bonds is 7. The van der Waals surface area contributed by atoms with E-state index in [1.807, 2.05) is 59.1 Å². The normalized spacial score (nSPS) is 12.2. The Bertz CT molecular complexity index is 1010. The van der Waals surface area contributed by atoms with Crippen molar-refractivity contribution in [3.8, 4) is 11.5 Å². The Hall–Kier alpha value is -2.93. The second-order valence-corrected chi connectivity index (χ2v) is 7.09. The van der Waals surface area contributed by atoms with Gasteiger partial charge in [0.25, 0.3) is 0 Å². The number of ether oxygens (including phenoxy) is 2. The molecule has 0 N–H and O–H groups in total. The van der Waals surface area contributed by atoms with Crippen LogP contribution in [0.3, 0.4) is 0 Å². The zero-order valence-corrected chi connectivity index (χ0v) is 16.0. The number of aromatic nitrogens is 4. The monoisotopic (exact) mass is 380 g/mol. The maximum atomic E-state index is 6.10. The second kappa shape index (κ2) is 7.75. The largest absolute Gasteiger partial charge is 0.497 e. The first-order valence-corrected chi connectivity index (χ1v) is 9.64. The van der Waals surface area contributed by atoms with Gasteiger partial charge in [0.2, 0.25) is 4.96 Å². The molecule has 0 saturated heterocycles. The van der Waals surface area contributed by atoms with Gasteiger partial charge in [-0.1, -0.05) is 48.6 Å². The quantitative estimate of drug-likeness (QED) is 0.478. The Morgan fingerprint density at radius 1 is 1.00 bits per heavy atom. The van der Waals surface area contributed by atoms with E-state index in [0.717, 1.165) is 39.3 Å². The van der Waals surface area contributed by atoms with E-state index < -0.39 is 0 Å². The minimum atomic E-state index is -0.104. The molecule has 27 heavy (non-hydrogen) atoms. The first-order valence-electron chi connectivity index (χ1n) is 8.82. The maximum Gasteiger partial charge on any atom is 0.234 e. The van der Waals surface area contributed by atoms with Gasteiger partial charge in [-0.15, -0.1) is 10.2 Å². The van der Waals surface area contributed by atoms with E-state index in [-0.39, 0.29) is 6.10 Å². The minimum Gasteiger partial charge on any atom is -0.497 e. The van der Waals surface area contributed by atoms with Crippen LogP contribution in [-0.4, -0.2) is 26.9 Å². The van der Waals surface area contributed by atoms with Gasteiger partial charge in [0.05, 0.1) is 7.11 Å². The lowest BCUT2D eigenvalue weighted by molar-refractivity contribution is 0.199. The highest BCUT2D eigenvalue weighted by molar-refractivity contribution is 7.16. The summed E-state index contributed by atoms with van der Waals surface area (Å²) in [5.41, 5.74) is 1.13. The third kappa shape index (κ3) is 3.78. The van der Waals surface area contributed by atoms with E-state index in [4.69, 9.17) is 14.6 Å². The van der Waals surface area contributed by atoms with E-state index >= 15 is 0 Å². The third-order valence-corrected chi connectivity index (χ3v) is 5.25. The summed E-state index contributed by atoms with van der Waals surface area (Å²) in [4.78, 5) is 0.781. The Labute approximate surface area is 161 Å². The SMILES string of the molecule is CCC(Oc1ccccc1)c1nn2c(Cc3ccc(OC)cc3)nnc2s1. The van der Waals surface area contributed by atoms with Crippen LogP contribution in [0, 0.1) is 0 Å². The van der Waals surface area contributed by atoms with Gasteiger partial charge >= 0.3 is 0 Å². The molecule has 0 aliphatic heterocycles. The van der Waals surface area contributed by atoms with Gasteiger partial charge in [0.1, 0.15) is 11.5 Å². The molecule has 4 rings (SSSR count). The summed E-state index contributed by atoms with van der Waals surface area (Å²) in [6.45, 7) is 2.09. The third-order valence-electron chi connectivity index (χ3n) is 4.26. The number of methoxy groups -OCH3 is 1. The molecule has 0 aliphatic rings. The molecule has 0 fully saturated rings. The second-order valence-electron chi connectivity index (χ2n) is 6.10.